The first kappa shape index (κ1) is 23.1. The maximum atomic E-state index is 11.9. The Kier molecular flexibility index (Phi) is 10.5. The average molecular weight is 426 g/mol. The SMILES string of the molecule is Nc1ccc(OCCOCCOCCOCCOS(=O)(=O)c2ccccc2)cc1. The van der Waals surface area contributed by atoms with Gasteiger partial charge in [-0.05, 0) is 36.4 Å². The van der Waals surface area contributed by atoms with Crippen LogP contribution in [-0.2, 0) is 28.5 Å². The Bertz CT molecular complexity index is 782. The Morgan fingerprint density at radius 1 is 0.655 bits per heavy atom. The van der Waals surface area contributed by atoms with Gasteiger partial charge in [-0.1, -0.05) is 18.2 Å². The van der Waals surface area contributed by atoms with Crippen molar-refractivity contribution in [2.24, 2.45) is 0 Å². The molecule has 0 aliphatic rings. The molecule has 0 atom stereocenters. The van der Waals surface area contributed by atoms with Crippen molar-refractivity contribution < 1.29 is 31.5 Å². The summed E-state index contributed by atoms with van der Waals surface area (Å²) in [5.41, 5.74) is 6.29. The lowest BCUT2D eigenvalue weighted by Gasteiger charge is -2.09. The first-order chi connectivity index (χ1) is 14.1. The van der Waals surface area contributed by atoms with Gasteiger partial charge in [-0.25, -0.2) is 0 Å². The van der Waals surface area contributed by atoms with Gasteiger partial charge in [0.25, 0.3) is 10.1 Å². The molecule has 2 rings (SSSR count). The second-order valence-electron chi connectivity index (χ2n) is 5.84. The van der Waals surface area contributed by atoms with Crippen molar-refractivity contribution >= 4 is 15.8 Å². The van der Waals surface area contributed by atoms with Crippen LogP contribution in [0.4, 0.5) is 5.69 Å². The van der Waals surface area contributed by atoms with Crippen molar-refractivity contribution in [3.05, 3.63) is 54.6 Å². The summed E-state index contributed by atoms with van der Waals surface area (Å²) in [5, 5.41) is 0. The summed E-state index contributed by atoms with van der Waals surface area (Å²) in [6.07, 6.45) is 0. The lowest BCUT2D eigenvalue weighted by molar-refractivity contribution is 0.00528. The number of ether oxygens (including phenoxy) is 4. The van der Waals surface area contributed by atoms with E-state index < -0.39 is 10.1 Å². The Labute approximate surface area is 171 Å². The van der Waals surface area contributed by atoms with E-state index in [-0.39, 0.29) is 18.1 Å². The van der Waals surface area contributed by atoms with Crippen LogP contribution in [0.1, 0.15) is 0 Å². The molecule has 0 aliphatic carbocycles. The van der Waals surface area contributed by atoms with Crippen molar-refractivity contribution in [2.75, 3.05) is 58.6 Å². The van der Waals surface area contributed by atoms with E-state index >= 15 is 0 Å². The van der Waals surface area contributed by atoms with E-state index in [1.807, 2.05) is 0 Å². The molecular formula is C20H27NO7S. The van der Waals surface area contributed by atoms with E-state index in [2.05, 4.69) is 0 Å². The van der Waals surface area contributed by atoms with Gasteiger partial charge < -0.3 is 24.7 Å². The van der Waals surface area contributed by atoms with E-state index in [1.54, 1.807) is 42.5 Å². The molecule has 9 heteroatoms. The minimum Gasteiger partial charge on any atom is -0.491 e. The molecule has 0 spiro atoms. The Balaban J connectivity index is 1.37. The van der Waals surface area contributed by atoms with Gasteiger partial charge in [-0.2, -0.15) is 8.42 Å². The maximum Gasteiger partial charge on any atom is 0.297 e. The lowest BCUT2D eigenvalue weighted by Crippen LogP contribution is -2.15. The van der Waals surface area contributed by atoms with Crippen LogP contribution in [0.5, 0.6) is 5.75 Å². The average Bonchev–Trinajstić information content (AvgIpc) is 2.73. The van der Waals surface area contributed by atoms with E-state index in [4.69, 9.17) is 28.9 Å². The fourth-order valence-electron chi connectivity index (χ4n) is 2.18. The molecule has 29 heavy (non-hydrogen) atoms. The topological polar surface area (TPSA) is 106 Å². The molecule has 2 N–H and O–H groups in total. The van der Waals surface area contributed by atoms with Crippen molar-refractivity contribution in [1.82, 2.24) is 0 Å². The van der Waals surface area contributed by atoms with Crippen molar-refractivity contribution in [1.29, 1.82) is 0 Å². The number of nitrogen functional groups attached to an aromatic ring is 1. The summed E-state index contributed by atoms with van der Waals surface area (Å²) in [6.45, 7) is 2.62. The maximum absolute atomic E-state index is 11.9. The van der Waals surface area contributed by atoms with Gasteiger partial charge in [-0.3, -0.25) is 4.18 Å². The zero-order valence-corrected chi connectivity index (χ0v) is 17.0. The van der Waals surface area contributed by atoms with Crippen molar-refractivity contribution in [3.63, 3.8) is 0 Å². The third-order valence-electron chi connectivity index (χ3n) is 3.62. The molecule has 0 aliphatic heterocycles. The standard InChI is InChI=1S/C20H27NO7S/c21-18-6-8-19(9-7-18)27-16-14-25-12-10-24-11-13-26-15-17-28-29(22,23)20-4-2-1-3-5-20/h1-9H,10-17,21H2. The molecule has 160 valence electrons. The van der Waals surface area contributed by atoms with Gasteiger partial charge in [0.05, 0.1) is 51.1 Å². The first-order valence-electron chi connectivity index (χ1n) is 9.24. The quantitative estimate of drug-likeness (QED) is 0.263. The highest BCUT2D eigenvalue weighted by Crippen LogP contribution is 2.12. The van der Waals surface area contributed by atoms with Crippen LogP contribution in [0.3, 0.4) is 0 Å². The zero-order chi connectivity index (χ0) is 20.8. The molecule has 0 heterocycles. The van der Waals surface area contributed by atoms with E-state index in [0.717, 1.165) is 5.75 Å². The van der Waals surface area contributed by atoms with Gasteiger partial charge in [0, 0.05) is 5.69 Å². The summed E-state index contributed by atoms with van der Waals surface area (Å²) in [5.74, 6) is 0.747. The second-order valence-corrected chi connectivity index (χ2v) is 7.46. The first-order valence-corrected chi connectivity index (χ1v) is 10.6. The molecule has 0 amide bonds. The molecule has 0 saturated carbocycles. The van der Waals surface area contributed by atoms with Crippen molar-refractivity contribution in [2.45, 2.75) is 4.90 Å². The minimum absolute atomic E-state index is 0.0473. The molecule has 8 nitrogen and oxygen atoms in total. The highest BCUT2D eigenvalue weighted by Gasteiger charge is 2.13. The van der Waals surface area contributed by atoms with Gasteiger partial charge in [-0.15, -0.1) is 0 Å². The van der Waals surface area contributed by atoms with Crippen LogP contribution in [0.2, 0.25) is 0 Å². The molecular weight excluding hydrogens is 398 g/mol. The summed E-state index contributed by atoms with van der Waals surface area (Å²) < 4.78 is 50.2. The molecule has 0 saturated heterocycles. The lowest BCUT2D eigenvalue weighted by atomic mass is 10.3. The van der Waals surface area contributed by atoms with E-state index in [1.165, 1.54) is 12.1 Å². The second kappa shape index (κ2) is 13.1. The number of rotatable bonds is 15. The van der Waals surface area contributed by atoms with Gasteiger partial charge in [0.2, 0.25) is 0 Å². The minimum atomic E-state index is -3.74. The molecule has 2 aromatic rings. The summed E-state index contributed by atoms with van der Waals surface area (Å²) in [7, 11) is -3.74. The van der Waals surface area contributed by atoms with Crippen LogP contribution in [0, 0.1) is 0 Å². The Morgan fingerprint density at radius 3 is 1.76 bits per heavy atom. The smallest absolute Gasteiger partial charge is 0.297 e. The number of hydrogen-bond donors (Lipinski definition) is 1. The normalized spacial score (nSPS) is 11.4. The third-order valence-corrected chi connectivity index (χ3v) is 4.95. The van der Waals surface area contributed by atoms with Crippen LogP contribution >= 0.6 is 0 Å². The van der Waals surface area contributed by atoms with Gasteiger partial charge in [0.1, 0.15) is 12.4 Å². The highest BCUT2D eigenvalue weighted by molar-refractivity contribution is 7.86. The van der Waals surface area contributed by atoms with Crippen LogP contribution in [-0.4, -0.2) is 61.3 Å². The van der Waals surface area contributed by atoms with Crippen LogP contribution in [0.15, 0.2) is 59.5 Å². The van der Waals surface area contributed by atoms with E-state index in [0.29, 0.717) is 45.3 Å². The molecule has 0 bridgehead atoms. The number of hydrogen-bond acceptors (Lipinski definition) is 8. The largest absolute Gasteiger partial charge is 0.491 e. The fourth-order valence-corrected chi connectivity index (χ4v) is 3.10. The Morgan fingerprint density at radius 2 is 1.17 bits per heavy atom. The predicted molar refractivity (Wildman–Crippen MR) is 108 cm³/mol. The van der Waals surface area contributed by atoms with Crippen LogP contribution in [0.25, 0.3) is 0 Å². The third kappa shape index (κ3) is 9.73. The zero-order valence-electron chi connectivity index (χ0n) is 16.2. The summed E-state index contributed by atoms with van der Waals surface area (Å²) in [4.78, 5) is 0.127. The molecule has 0 unspecified atom stereocenters. The predicted octanol–water partition coefficient (Wildman–Crippen LogP) is 2.10. The molecule has 2 aromatic carbocycles. The fraction of sp³-hybridized carbons (Fsp3) is 0.400. The summed E-state index contributed by atoms with van der Waals surface area (Å²) >= 11 is 0. The number of benzene rings is 2. The summed E-state index contributed by atoms with van der Waals surface area (Å²) in [6, 6.07) is 15.2. The van der Waals surface area contributed by atoms with Crippen LogP contribution < -0.4 is 10.5 Å². The highest BCUT2D eigenvalue weighted by atomic mass is 32.2. The van der Waals surface area contributed by atoms with Crippen molar-refractivity contribution in [3.8, 4) is 5.75 Å². The van der Waals surface area contributed by atoms with Gasteiger partial charge in [0.15, 0.2) is 0 Å². The molecule has 0 radical (unpaired) electrons. The van der Waals surface area contributed by atoms with Gasteiger partial charge >= 0.3 is 0 Å². The molecule has 0 aromatic heterocycles. The van der Waals surface area contributed by atoms with E-state index in [9.17, 15) is 8.42 Å². The molecule has 0 fully saturated rings. The number of anilines is 1. The number of nitrogens with two attached hydrogens (primary N) is 1. The Hall–Kier alpha value is -2.17. The monoisotopic (exact) mass is 425 g/mol.